The Balaban J connectivity index is 2.06. The van der Waals surface area contributed by atoms with E-state index in [4.69, 9.17) is 10.5 Å². The first kappa shape index (κ1) is 14.9. The Kier molecular flexibility index (Phi) is 3.65. The van der Waals surface area contributed by atoms with Gasteiger partial charge in [0, 0.05) is 12.1 Å². The summed E-state index contributed by atoms with van der Waals surface area (Å²) >= 11 is 0. The molecule has 1 aromatic heterocycles. The van der Waals surface area contributed by atoms with E-state index < -0.39 is 17.3 Å². The van der Waals surface area contributed by atoms with Gasteiger partial charge >= 0.3 is 5.69 Å². The second kappa shape index (κ2) is 5.64. The molecule has 1 saturated heterocycles. The van der Waals surface area contributed by atoms with Gasteiger partial charge in [0.2, 0.25) is 5.91 Å². The average molecular weight is 316 g/mol. The smallest absolute Gasteiger partial charge is 0.327 e. The second-order valence-corrected chi connectivity index (χ2v) is 5.25. The molecule has 0 saturated carbocycles. The van der Waals surface area contributed by atoms with Crippen molar-refractivity contribution >= 4 is 17.4 Å². The van der Waals surface area contributed by atoms with Crippen molar-refractivity contribution in [1.82, 2.24) is 9.97 Å². The summed E-state index contributed by atoms with van der Waals surface area (Å²) < 4.78 is 5.10. The zero-order valence-corrected chi connectivity index (χ0v) is 12.5. The first-order chi connectivity index (χ1) is 11.0. The maximum absolute atomic E-state index is 12.3. The lowest BCUT2D eigenvalue weighted by Gasteiger charge is -2.25. The molecule has 8 nitrogen and oxygen atoms in total. The van der Waals surface area contributed by atoms with Crippen molar-refractivity contribution in [2.45, 2.75) is 18.9 Å². The molecule has 2 aromatic rings. The number of methoxy groups -OCH3 is 1. The molecule has 0 radical (unpaired) electrons. The molecule has 3 rings (SSSR count). The summed E-state index contributed by atoms with van der Waals surface area (Å²) in [6, 6.07) is 6.43. The first-order valence-electron chi connectivity index (χ1n) is 7.09. The molecule has 2 heterocycles. The number of ether oxygens (including phenoxy) is 1. The standard InChI is InChI=1S/C15H16N4O4/c1-23-9-4-2-8(3-5-9)19-10(6-7-11(19)20)12-13(16)17-15(22)18-14(12)21/h2-5,10H,6-7H2,1H3,(H4,16,17,18,21,22). The number of nitrogens with two attached hydrogens (primary N) is 1. The highest BCUT2D eigenvalue weighted by molar-refractivity contribution is 5.96. The number of benzene rings is 1. The Hall–Kier alpha value is -3.03. The zero-order valence-electron chi connectivity index (χ0n) is 12.5. The van der Waals surface area contributed by atoms with E-state index in [0.29, 0.717) is 24.3 Å². The maximum atomic E-state index is 12.3. The van der Waals surface area contributed by atoms with Crippen molar-refractivity contribution in [3.8, 4) is 5.75 Å². The third-order valence-electron chi connectivity index (χ3n) is 3.91. The first-order valence-corrected chi connectivity index (χ1v) is 7.09. The third-order valence-corrected chi connectivity index (χ3v) is 3.91. The highest BCUT2D eigenvalue weighted by Crippen LogP contribution is 2.37. The molecule has 1 aromatic carbocycles. The summed E-state index contributed by atoms with van der Waals surface area (Å²) in [6.07, 6.45) is 0.749. The summed E-state index contributed by atoms with van der Waals surface area (Å²) in [5, 5.41) is 0. The van der Waals surface area contributed by atoms with Gasteiger partial charge < -0.3 is 15.4 Å². The van der Waals surface area contributed by atoms with Crippen LogP contribution in [-0.4, -0.2) is 23.0 Å². The molecule has 1 unspecified atom stereocenters. The SMILES string of the molecule is COc1ccc(N2C(=O)CCC2c2c(N)[nH]c(=O)[nH]c2=O)cc1. The minimum absolute atomic E-state index is 0.0167. The van der Waals surface area contributed by atoms with E-state index in [-0.39, 0.29) is 17.3 Å². The van der Waals surface area contributed by atoms with E-state index in [2.05, 4.69) is 9.97 Å². The van der Waals surface area contributed by atoms with Crippen LogP contribution in [0.4, 0.5) is 11.5 Å². The Morgan fingerprint density at radius 2 is 1.87 bits per heavy atom. The Labute approximate surface area is 130 Å². The van der Waals surface area contributed by atoms with E-state index in [0.717, 1.165) is 0 Å². The molecule has 23 heavy (non-hydrogen) atoms. The molecule has 1 aliphatic rings. The van der Waals surface area contributed by atoms with E-state index in [1.54, 1.807) is 31.4 Å². The van der Waals surface area contributed by atoms with Gasteiger partial charge in [0.15, 0.2) is 0 Å². The van der Waals surface area contributed by atoms with Crippen molar-refractivity contribution in [3.05, 3.63) is 50.7 Å². The van der Waals surface area contributed by atoms with Gasteiger partial charge in [0.1, 0.15) is 11.6 Å². The Morgan fingerprint density at radius 3 is 2.48 bits per heavy atom. The lowest BCUT2D eigenvalue weighted by Crippen LogP contribution is -2.35. The molecule has 8 heteroatoms. The van der Waals surface area contributed by atoms with Crippen LogP contribution in [0.15, 0.2) is 33.9 Å². The molecule has 0 spiro atoms. The van der Waals surface area contributed by atoms with E-state index in [1.165, 1.54) is 4.90 Å². The summed E-state index contributed by atoms with van der Waals surface area (Å²) in [7, 11) is 1.55. The van der Waals surface area contributed by atoms with Crippen molar-refractivity contribution in [1.29, 1.82) is 0 Å². The highest BCUT2D eigenvalue weighted by Gasteiger charge is 2.36. The zero-order chi connectivity index (χ0) is 16.6. The number of carbonyl (C=O) groups is 1. The number of H-pyrrole nitrogens is 2. The molecule has 1 fully saturated rings. The van der Waals surface area contributed by atoms with E-state index >= 15 is 0 Å². The van der Waals surface area contributed by atoms with Crippen LogP contribution < -0.4 is 26.6 Å². The molecule has 0 aliphatic carbocycles. The monoisotopic (exact) mass is 316 g/mol. The van der Waals surface area contributed by atoms with Crippen LogP contribution in [0.3, 0.4) is 0 Å². The number of nitrogens with zero attached hydrogens (tertiary/aromatic N) is 1. The normalized spacial score (nSPS) is 17.5. The number of hydrogen-bond donors (Lipinski definition) is 3. The molecule has 1 aliphatic heterocycles. The molecule has 1 atom stereocenters. The van der Waals surface area contributed by atoms with Crippen molar-refractivity contribution < 1.29 is 9.53 Å². The van der Waals surface area contributed by atoms with Gasteiger partial charge in [-0.1, -0.05) is 0 Å². The largest absolute Gasteiger partial charge is 0.497 e. The summed E-state index contributed by atoms with van der Waals surface area (Å²) in [4.78, 5) is 41.7. The fourth-order valence-corrected chi connectivity index (χ4v) is 2.87. The van der Waals surface area contributed by atoms with Crippen LogP contribution in [0.5, 0.6) is 5.75 Å². The predicted molar refractivity (Wildman–Crippen MR) is 84.6 cm³/mol. The highest BCUT2D eigenvalue weighted by atomic mass is 16.5. The van der Waals surface area contributed by atoms with Crippen LogP contribution in [0.1, 0.15) is 24.4 Å². The van der Waals surface area contributed by atoms with Gasteiger partial charge in [0.05, 0.1) is 18.7 Å². The Morgan fingerprint density at radius 1 is 1.17 bits per heavy atom. The lowest BCUT2D eigenvalue weighted by molar-refractivity contribution is -0.117. The number of amides is 1. The van der Waals surface area contributed by atoms with Crippen molar-refractivity contribution in [2.75, 3.05) is 17.7 Å². The molecule has 4 N–H and O–H groups in total. The average Bonchev–Trinajstić information content (AvgIpc) is 2.88. The van der Waals surface area contributed by atoms with Gasteiger partial charge in [-0.05, 0) is 30.7 Å². The van der Waals surface area contributed by atoms with Gasteiger partial charge in [-0.15, -0.1) is 0 Å². The van der Waals surface area contributed by atoms with Crippen LogP contribution >= 0.6 is 0 Å². The number of anilines is 2. The van der Waals surface area contributed by atoms with E-state index in [1.807, 2.05) is 0 Å². The van der Waals surface area contributed by atoms with Gasteiger partial charge in [-0.2, -0.15) is 0 Å². The number of carbonyl (C=O) groups excluding carboxylic acids is 1. The molecule has 0 bridgehead atoms. The van der Waals surface area contributed by atoms with Crippen LogP contribution in [-0.2, 0) is 4.79 Å². The topological polar surface area (TPSA) is 121 Å². The number of aromatic nitrogens is 2. The molecular formula is C15H16N4O4. The minimum atomic E-state index is -0.670. The molecular weight excluding hydrogens is 300 g/mol. The van der Waals surface area contributed by atoms with Gasteiger partial charge in [0.25, 0.3) is 5.56 Å². The predicted octanol–water partition coefficient (Wildman–Crippen LogP) is 0.522. The summed E-state index contributed by atoms with van der Waals surface area (Å²) in [6.45, 7) is 0. The maximum Gasteiger partial charge on any atom is 0.327 e. The Bertz CT molecular complexity index is 853. The van der Waals surface area contributed by atoms with Crippen LogP contribution in [0.25, 0.3) is 0 Å². The number of nitrogens with one attached hydrogen (secondary N) is 2. The van der Waals surface area contributed by atoms with Crippen LogP contribution in [0, 0.1) is 0 Å². The van der Waals surface area contributed by atoms with Gasteiger partial charge in [-0.3, -0.25) is 19.6 Å². The lowest BCUT2D eigenvalue weighted by atomic mass is 10.1. The van der Waals surface area contributed by atoms with Crippen molar-refractivity contribution in [2.24, 2.45) is 0 Å². The fourth-order valence-electron chi connectivity index (χ4n) is 2.87. The number of rotatable bonds is 3. The summed E-state index contributed by atoms with van der Waals surface area (Å²) in [5.41, 5.74) is 5.39. The fraction of sp³-hybridized carbons (Fsp3) is 0.267. The second-order valence-electron chi connectivity index (χ2n) is 5.25. The third kappa shape index (κ3) is 2.59. The minimum Gasteiger partial charge on any atom is -0.497 e. The molecule has 1 amide bonds. The molecule has 120 valence electrons. The van der Waals surface area contributed by atoms with Gasteiger partial charge in [-0.25, -0.2) is 4.79 Å². The van der Waals surface area contributed by atoms with Crippen molar-refractivity contribution in [3.63, 3.8) is 0 Å². The number of nitrogen functional groups attached to an aromatic ring is 1. The quantitative estimate of drug-likeness (QED) is 0.762. The van der Waals surface area contributed by atoms with Crippen LogP contribution in [0.2, 0.25) is 0 Å². The number of hydrogen-bond acceptors (Lipinski definition) is 5. The summed E-state index contributed by atoms with van der Waals surface area (Å²) in [5.74, 6) is 0.542. The van der Waals surface area contributed by atoms with E-state index in [9.17, 15) is 14.4 Å². The number of aromatic amines is 2.